The summed E-state index contributed by atoms with van der Waals surface area (Å²) in [5, 5.41) is 9.61. The number of halogens is 1. The molecule has 0 radical (unpaired) electrons. The number of rotatable bonds is 8. The quantitative estimate of drug-likeness (QED) is 0.584. The summed E-state index contributed by atoms with van der Waals surface area (Å²) in [5.74, 6) is -1.05. The SMILES string of the molecule is C=CC(c1cccc(Cl)c1CN)S(=O)(=O)Nc1nc(CC(=O)O)cs1. The van der Waals surface area contributed by atoms with Crippen molar-refractivity contribution >= 4 is 44.1 Å². The Labute approximate surface area is 154 Å². The van der Waals surface area contributed by atoms with E-state index in [9.17, 15) is 13.2 Å². The number of nitrogens with two attached hydrogens (primary N) is 1. The zero-order valence-electron chi connectivity index (χ0n) is 13.0. The van der Waals surface area contributed by atoms with Crippen LogP contribution in [0.4, 0.5) is 5.13 Å². The minimum Gasteiger partial charge on any atom is -0.481 e. The zero-order valence-corrected chi connectivity index (χ0v) is 15.4. The number of benzene rings is 1. The summed E-state index contributed by atoms with van der Waals surface area (Å²) in [6.45, 7) is 3.68. The van der Waals surface area contributed by atoms with Gasteiger partial charge in [0.2, 0.25) is 10.0 Å². The van der Waals surface area contributed by atoms with Crippen molar-refractivity contribution in [2.24, 2.45) is 5.73 Å². The topological polar surface area (TPSA) is 122 Å². The number of carbonyl (C=O) groups is 1. The molecule has 0 aliphatic heterocycles. The lowest BCUT2D eigenvalue weighted by Crippen LogP contribution is -2.21. The summed E-state index contributed by atoms with van der Waals surface area (Å²) >= 11 is 7.10. The molecular weight excluding hydrogens is 386 g/mol. The number of thiazole rings is 1. The van der Waals surface area contributed by atoms with Crippen molar-refractivity contribution in [3.63, 3.8) is 0 Å². The van der Waals surface area contributed by atoms with Gasteiger partial charge in [-0.25, -0.2) is 13.4 Å². The lowest BCUT2D eigenvalue weighted by atomic mass is 10.0. The Morgan fingerprint density at radius 3 is 2.84 bits per heavy atom. The molecule has 0 aliphatic carbocycles. The van der Waals surface area contributed by atoms with E-state index in [2.05, 4.69) is 16.3 Å². The molecule has 1 unspecified atom stereocenters. The van der Waals surface area contributed by atoms with Gasteiger partial charge in [0, 0.05) is 16.9 Å². The average Bonchev–Trinajstić information content (AvgIpc) is 2.93. The van der Waals surface area contributed by atoms with Crippen LogP contribution >= 0.6 is 22.9 Å². The van der Waals surface area contributed by atoms with E-state index < -0.39 is 21.2 Å². The summed E-state index contributed by atoms with van der Waals surface area (Å²) in [5.41, 5.74) is 6.91. The van der Waals surface area contributed by atoms with Crippen LogP contribution in [0, 0.1) is 0 Å². The Bertz CT molecular complexity index is 896. The highest BCUT2D eigenvalue weighted by Gasteiger charge is 2.28. The van der Waals surface area contributed by atoms with Crippen molar-refractivity contribution in [3.05, 3.63) is 58.1 Å². The summed E-state index contributed by atoms with van der Waals surface area (Å²) in [6, 6.07) is 4.89. The molecule has 0 saturated heterocycles. The molecule has 2 aromatic rings. The highest BCUT2D eigenvalue weighted by Crippen LogP contribution is 2.32. The lowest BCUT2D eigenvalue weighted by molar-refractivity contribution is -0.136. The third-order valence-corrected chi connectivity index (χ3v) is 6.21. The van der Waals surface area contributed by atoms with Crippen LogP contribution in [0.5, 0.6) is 0 Å². The highest BCUT2D eigenvalue weighted by molar-refractivity contribution is 7.93. The summed E-state index contributed by atoms with van der Waals surface area (Å²) in [6.07, 6.45) is 0.994. The van der Waals surface area contributed by atoms with Gasteiger partial charge in [-0.2, -0.15) is 0 Å². The maximum atomic E-state index is 12.7. The number of anilines is 1. The van der Waals surface area contributed by atoms with E-state index in [1.165, 1.54) is 11.5 Å². The second-order valence-corrected chi connectivity index (χ2v) is 8.10. The first-order valence-corrected chi connectivity index (χ1v) is 9.86. The van der Waals surface area contributed by atoms with Crippen LogP contribution in [-0.2, 0) is 27.8 Å². The molecule has 0 amide bonds. The number of hydrogen-bond donors (Lipinski definition) is 3. The number of nitrogens with one attached hydrogen (secondary N) is 1. The van der Waals surface area contributed by atoms with Crippen LogP contribution in [-0.4, -0.2) is 24.5 Å². The predicted octanol–water partition coefficient (Wildman–Crippen LogP) is 2.55. The summed E-state index contributed by atoms with van der Waals surface area (Å²) in [7, 11) is -3.92. The molecule has 4 N–H and O–H groups in total. The van der Waals surface area contributed by atoms with Crippen molar-refractivity contribution in [3.8, 4) is 0 Å². The lowest BCUT2D eigenvalue weighted by Gasteiger charge is -2.18. The van der Waals surface area contributed by atoms with Gasteiger partial charge in [0.05, 0.1) is 12.1 Å². The van der Waals surface area contributed by atoms with Gasteiger partial charge in [-0.05, 0) is 17.2 Å². The molecule has 7 nitrogen and oxygen atoms in total. The molecule has 0 saturated carbocycles. The molecule has 134 valence electrons. The van der Waals surface area contributed by atoms with Crippen molar-refractivity contribution in [1.82, 2.24) is 4.98 Å². The fourth-order valence-corrected chi connectivity index (χ4v) is 4.83. The van der Waals surface area contributed by atoms with Crippen LogP contribution in [0.1, 0.15) is 22.1 Å². The van der Waals surface area contributed by atoms with Crippen molar-refractivity contribution in [2.45, 2.75) is 18.2 Å². The van der Waals surface area contributed by atoms with Gasteiger partial charge in [0.1, 0.15) is 5.25 Å². The number of aliphatic carboxylic acids is 1. The highest BCUT2D eigenvalue weighted by atomic mass is 35.5. The minimum absolute atomic E-state index is 0.0783. The van der Waals surface area contributed by atoms with Crippen molar-refractivity contribution in [1.29, 1.82) is 0 Å². The molecule has 25 heavy (non-hydrogen) atoms. The van der Waals surface area contributed by atoms with E-state index >= 15 is 0 Å². The Hall–Kier alpha value is -1.94. The Morgan fingerprint density at radius 2 is 2.24 bits per heavy atom. The molecular formula is C15H16ClN3O4S2. The maximum absolute atomic E-state index is 12.7. The predicted molar refractivity (Wildman–Crippen MR) is 98.3 cm³/mol. The number of hydrogen-bond acceptors (Lipinski definition) is 6. The fraction of sp³-hybridized carbons (Fsp3) is 0.200. The molecule has 1 atom stereocenters. The second kappa shape index (κ2) is 7.96. The molecule has 0 spiro atoms. The van der Waals surface area contributed by atoms with E-state index in [1.54, 1.807) is 18.2 Å². The van der Waals surface area contributed by atoms with Crippen LogP contribution < -0.4 is 10.5 Å². The molecule has 1 aromatic carbocycles. The maximum Gasteiger partial charge on any atom is 0.309 e. The van der Waals surface area contributed by atoms with Crippen molar-refractivity contribution in [2.75, 3.05) is 4.72 Å². The Morgan fingerprint density at radius 1 is 1.52 bits per heavy atom. The molecule has 0 fully saturated rings. The molecule has 0 bridgehead atoms. The number of sulfonamides is 1. The first kappa shape index (κ1) is 19.4. The van der Waals surface area contributed by atoms with E-state index in [1.807, 2.05) is 0 Å². The molecule has 0 aliphatic rings. The minimum atomic E-state index is -3.92. The number of aromatic nitrogens is 1. The first-order chi connectivity index (χ1) is 11.8. The van der Waals surface area contributed by atoms with E-state index in [0.29, 0.717) is 16.1 Å². The third kappa shape index (κ3) is 4.57. The van der Waals surface area contributed by atoms with Crippen LogP contribution in [0.15, 0.2) is 36.2 Å². The molecule has 1 aromatic heterocycles. The number of nitrogens with zero attached hydrogens (tertiary/aromatic N) is 1. The van der Waals surface area contributed by atoms with E-state index in [-0.39, 0.29) is 23.8 Å². The Kier molecular flexibility index (Phi) is 6.17. The van der Waals surface area contributed by atoms with Gasteiger partial charge in [-0.3, -0.25) is 9.52 Å². The smallest absolute Gasteiger partial charge is 0.309 e. The van der Waals surface area contributed by atoms with Gasteiger partial charge >= 0.3 is 5.97 Å². The van der Waals surface area contributed by atoms with Gasteiger partial charge in [-0.1, -0.05) is 29.8 Å². The summed E-state index contributed by atoms with van der Waals surface area (Å²) < 4.78 is 27.8. The second-order valence-electron chi connectivity index (χ2n) is 5.03. The van der Waals surface area contributed by atoms with E-state index in [0.717, 1.165) is 11.3 Å². The zero-order chi connectivity index (χ0) is 18.6. The number of carboxylic acid groups (broad SMARTS) is 1. The summed E-state index contributed by atoms with van der Waals surface area (Å²) in [4.78, 5) is 14.7. The van der Waals surface area contributed by atoms with Gasteiger partial charge in [-0.15, -0.1) is 17.9 Å². The number of carboxylic acids is 1. The van der Waals surface area contributed by atoms with Crippen LogP contribution in [0.3, 0.4) is 0 Å². The standard InChI is InChI=1S/C15H16ClN3O4S2/c1-2-13(10-4-3-5-12(16)11(10)7-17)25(22,23)19-15-18-9(8-24-15)6-14(20)21/h2-5,8,13H,1,6-7,17H2,(H,18,19)(H,20,21). The average molecular weight is 402 g/mol. The van der Waals surface area contributed by atoms with E-state index in [4.69, 9.17) is 22.4 Å². The largest absolute Gasteiger partial charge is 0.481 e. The van der Waals surface area contributed by atoms with Gasteiger partial charge in [0.25, 0.3) is 0 Å². The van der Waals surface area contributed by atoms with Crippen LogP contribution in [0.25, 0.3) is 0 Å². The van der Waals surface area contributed by atoms with Gasteiger partial charge in [0.15, 0.2) is 5.13 Å². The monoisotopic (exact) mass is 401 g/mol. The van der Waals surface area contributed by atoms with Gasteiger partial charge < -0.3 is 10.8 Å². The molecule has 10 heteroatoms. The molecule has 1 heterocycles. The third-order valence-electron chi connectivity index (χ3n) is 3.33. The molecule has 2 rings (SSSR count). The van der Waals surface area contributed by atoms with Crippen molar-refractivity contribution < 1.29 is 18.3 Å². The fourth-order valence-electron chi connectivity index (χ4n) is 2.25. The Balaban J connectivity index is 2.33. The normalized spacial score (nSPS) is 12.6. The van der Waals surface area contributed by atoms with Crippen LogP contribution in [0.2, 0.25) is 5.02 Å². The first-order valence-electron chi connectivity index (χ1n) is 7.06.